The van der Waals surface area contributed by atoms with Gasteiger partial charge < -0.3 is 18.9 Å². The monoisotopic (exact) mass is 464 g/mol. The highest BCUT2D eigenvalue weighted by atomic mass is 32.2. The van der Waals surface area contributed by atoms with Crippen molar-refractivity contribution in [3.63, 3.8) is 0 Å². The molecule has 170 valence electrons. The van der Waals surface area contributed by atoms with E-state index in [1.54, 1.807) is 12.2 Å². The predicted octanol–water partition coefficient (Wildman–Crippen LogP) is 0.0730. The van der Waals surface area contributed by atoms with Crippen molar-refractivity contribution in [2.24, 2.45) is 29.6 Å². The van der Waals surface area contributed by atoms with Crippen LogP contribution in [0.2, 0.25) is 0 Å². The number of hydrogen-bond acceptors (Lipinski definition) is 9. The van der Waals surface area contributed by atoms with Gasteiger partial charge in [-0.1, -0.05) is 12.2 Å². The van der Waals surface area contributed by atoms with Gasteiger partial charge in [0.15, 0.2) is 18.8 Å². The molecule has 9 atom stereocenters. The molecule has 1 saturated carbocycles. The molecule has 5 rings (SSSR count). The fraction of sp³-hybridized carbons (Fsp3) is 0.722. The highest BCUT2D eigenvalue weighted by molar-refractivity contribution is 7.86. The minimum absolute atomic E-state index is 0.366. The van der Waals surface area contributed by atoms with Gasteiger partial charge in [-0.25, -0.2) is 0 Å². The Morgan fingerprint density at radius 3 is 2.42 bits per heavy atom. The molecule has 4 fully saturated rings. The molecule has 13 heteroatoms. The third kappa shape index (κ3) is 3.08. The van der Waals surface area contributed by atoms with Crippen LogP contribution in [0.25, 0.3) is 0 Å². The van der Waals surface area contributed by atoms with Crippen molar-refractivity contribution >= 4 is 28.0 Å². The fourth-order valence-electron chi connectivity index (χ4n) is 5.39. The Morgan fingerprint density at radius 1 is 1.13 bits per heavy atom. The largest absolute Gasteiger partial charge is 0.458 e. The van der Waals surface area contributed by atoms with Crippen LogP contribution < -0.4 is 0 Å². The number of carbonyl (C=O) groups is 3. The van der Waals surface area contributed by atoms with Gasteiger partial charge in [-0.05, 0) is 24.7 Å². The number of allylic oxidation sites excluding steroid dienone is 2. The van der Waals surface area contributed by atoms with Crippen molar-refractivity contribution in [2.75, 3.05) is 6.61 Å². The van der Waals surface area contributed by atoms with Gasteiger partial charge in [-0.3, -0.25) is 18.9 Å². The lowest BCUT2D eigenvalue weighted by Gasteiger charge is -2.29. The number of halogens is 2. The van der Waals surface area contributed by atoms with E-state index in [4.69, 9.17) is 18.8 Å². The van der Waals surface area contributed by atoms with E-state index in [1.807, 2.05) is 0 Å². The van der Waals surface area contributed by atoms with Gasteiger partial charge in [0.05, 0.1) is 23.9 Å². The average Bonchev–Trinajstić information content (AvgIpc) is 3.46. The molecule has 9 unspecified atom stereocenters. The Morgan fingerprint density at radius 2 is 1.77 bits per heavy atom. The molecule has 0 radical (unpaired) electrons. The lowest BCUT2D eigenvalue weighted by molar-refractivity contribution is -0.172. The molecule has 10 nitrogen and oxygen atoms in total. The summed E-state index contributed by atoms with van der Waals surface area (Å²) in [5.41, 5.74) is 0. The Hall–Kier alpha value is -2.12. The highest BCUT2D eigenvalue weighted by Crippen LogP contribution is 2.51. The van der Waals surface area contributed by atoms with Crippen LogP contribution in [0.5, 0.6) is 0 Å². The van der Waals surface area contributed by atoms with Gasteiger partial charge in [-0.2, -0.15) is 17.2 Å². The van der Waals surface area contributed by atoms with Gasteiger partial charge in [0.1, 0.15) is 6.10 Å². The first-order chi connectivity index (χ1) is 14.5. The summed E-state index contributed by atoms with van der Waals surface area (Å²) < 4.78 is 77.8. The lowest BCUT2D eigenvalue weighted by atomic mass is 9.82. The molecule has 4 bridgehead atoms. The van der Waals surface area contributed by atoms with Crippen LogP contribution in [0, 0.1) is 29.6 Å². The zero-order valence-electron chi connectivity index (χ0n) is 15.8. The standard InChI is InChI=1S/C18H18F2O10S/c19-18(20,31(24,25)26)5-27-16(22)10-6-1-2-7(3-6)11(10)17(23)29-13-9-4-8-12(28-9)14(13)30-15(8)21/h1-2,6-14H,3-5H2,(H,24,25,26). The summed E-state index contributed by atoms with van der Waals surface area (Å²) >= 11 is 0. The van der Waals surface area contributed by atoms with Gasteiger partial charge in [-0.15, -0.1) is 0 Å². The second-order valence-electron chi connectivity index (χ2n) is 8.50. The number of alkyl halides is 2. The van der Waals surface area contributed by atoms with Crippen molar-refractivity contribution < 1.29 is 55.1 Å². The van der Waals surface area contributed by atoms with E-state index in [0.717, 1.165) is 0 Å². The van der Waals surface area contributed by atoms with E-state index in [1.165, 1.54) is 0 Å². The summed E-state index contributed by atoms with van der Waals surface area (Å²) in [5.74, 6) is -5.72. The number of hydrogen-bond donors (Lipinski definition) is 1. The van der Waals surface area contributed by atoms with Crippen LogP contribution in [0.15, 0.2) is 12.2 Å². The van der Waals surface area contributed by atoms with Crippen molar-refractivity contribution in [1.29, 1.82) is 0 Å². The maximum atomic E-state index is 13.4. The Labute approximate surface area is 174 Å². The first-order valence-electron chi connectivity index (χ1n) is 9.74. The third-order valence-electron chi connectivity index (χ3n) is 6.80. The van der Waals surface area contributed by atoms with Crippen LogP contribution in [0.1, 0.15) is 12.8 Å². The average molecular weight is 464 g/mol. The van der Waals surface area contributed by atoms with Crippen LogP contribution >= 0.6 is 0 Å². The molecule has 0 aromatic heterocycles. The van der Waals surface area contributed by atoms with Crippen LogP contribution in [0.3, 0.4) is 0 Å². The van der Waals surface area contributed by atoms with Crippen molar-refractivity contribution in [3.05, 3.63) is 12.2 Å². The second-order valence-corrected chi connectivity index (χ2v) is 10.1. The Bertz CT molecular complexity index is 978. The first-order valence-corrected chi connectivity index (χ1v) is 11.2. The number of esters is 3. The van der Waals surface area contributed by atoms with Gasteiger partial charge >= 0.3 is 33.3 Å². The Balaban J connectivity index is 1.28. The molecule has 1 N–H and O–H groups in total. The van der Waals surface area contributed by atoms with Crippen molar-refractivity contribution in [3.8, 4) is 0 Å². The molecule has 3 aliphatic heterocycles. The molecule has 31 heavy (non-hydrogen) atoms. The molecule has 0 aromatic rings. The molecule has 0 spiro atoms. The maximum Gasteiger partial charge on any atom is 0.402 e. The fourth-order valence-corrected chi connectivity index (χ4v) is 5.59. The smallest absolute Gasteiger partial charge is 0.402 e. The van der Waals surface area contributed by atoms with E-state index in [9.17, 15) is 31.6 Å². The summed E-state index contributed by atoms with van der Waals surface area (Å²) in [6, 6.07) is 0. The summed E-state index contributed by atoms with van der Waals surface area (Å²) in [4.78, 5) is 37.3. The van der Waals surface area contributed by atoms with Gasteiger partial charge in [0.25, 0.3) is 0 Å². The molecule has 2 aliphatic carbocycles. The molecule has 3 heterocycles. The minimum atomic E-state index is -5.76. The van der Waals surface area contributed by atoms with Crippen molar-refractivity contribution in [2.45, 2.75) is 42.5 Å². The third-order valence-corrected chi connectivity index (χ3v) is 7.67. The number of carbonyl (C=O) groups excluding carboxylic acids is 3. The van der Waals surface area contributed by atoms with Crippen LogP contribution in [-0.2, 0) is 43.4 Å². The molecule has 0 amide bonds. The van der Waals surface area contributed by atoms with E-state index in [-0.39, 0.29) is 11.8 Å². The zero-order chi connectivity index (χ0) is 22.3. The highest BCUT2D eigenvalue weighted by Gasteiger charge is 2.66. The topological polar surface area (TPSA) is 142 Å². The SMILES string of the molecule is O=C1OC2C(OC(=O)C3C4C=CC(C4)C3C(=O)OCC(F)(F)S(=O)(=O)O)C3CC1C2O3. The molecular weight excluding hydrogens is 446 g/mol. The van der Waals surface area contributed by atoms with E-state index >= 15 is 0 Å². The summed E-state index contributed by atoms with van der Waals surface area (Å²) in [5, 5.41) is -4.67. The van der Waals surface area contributed by atoms with Crippen molar-refractivity contribution in [1.82, 2.24) is 0 Å². The molecular formula is C18H18F2O10S. The van der Waals surface area contributed by atoms with E-state index in [0.29, 0.717) is 12.8 Å². The Kier molecular flexibility index (Phi) is 4.48. The predicted molar refractivity (Wildman–Crippen MR) is 91.7 cm³/mol. The van der Waals surface area contributed by atoms with E-state index < -0.39 is 82.1 Å². The lowest BCUT2D eigenvalue weighted by Crippen LogP contribution is -2.44. The van der Waals surface area contributed by atoms with Crippen LogP contribution in [0.4, 0.5) is 8.78 Å². The normalized spacial score (nSPS) is 42.2. The summed E-state index contributed by atoms with van der Waals surface area (Å²) in [7, 11) is -5.76. The first kappa shape index (κ1) is 20.8. The van der Waals surface area contributed by atoms with E-state index in [2.05, 4.69) is 4.74 Å². The van der Waals surface area contributed by atoms with Crippen LogP contribution in [-0.4, -0.2) is 67.2 Å². The molecule has 0 aromatic carbocycles. The number of ether oxygens (including phenoxy) is 4. The molecule has 3 saturated heterocycles. The summed E-state index contributed by atoms with van der Waals surface area (Å²) in [6.45, 7) is -1.87. The second kappa shape index (κ2) is 6.69. The molecule has 5 aliphatic rings. The summed E-state index contributed by atoms with van der Waals surface area (Å²) in [6.07, 6.45) is 1.67. The maximum absolute atomic E-state index is 13.4. The van der Waals surface area contributed by atoms with Gasteiger partial charge in [0.2, 0.25) is 0 Å². The minimum Gasteiger partial charge on any atom is -0.458 e. The van der Waals surface area contributed by atoms with Gasteiger partial charge in [0, 0.05) is 0 Å². The number of fused-ring (bicyclic) bond motifs is 3. The number of rotatable bonds is 6. The quantitative estimate of drug-likeness (QED) is 0.248. The zero-order valence-corrected chi connectivity index (χ0v) is 16.6.